The highest BCUT2D eigenvalue weighted by molar-refractivity contribution is 7.98. The van der Waals surface area contributed by atoms with E-state index in [9.17, 15) is 4.79 Å². The molecule has 0 saturated heterocycles. The summed E-state index contributed by atoms with van der Waals surface area (Å²) in [7, 11) is 0. The van der Waals surface area contributed by atoms with E-state index in [-0.39, 0.29) is 0 Å². The average molecular weight is 344 g/mol. The molecule has 6 nitrogen and oxygen atoms in total. The van der Waals surface area contributed by atoms with E-state index in [0.29, 0.717) is 28.5 Å². The molecule has 0 spiro atoms. The van der Waals surface area contributed by atoms with Crippen molar-refractivity contribution in [3.05, 3.63) is 58.1 Å². The molecule has 0 atom stereocenters. The first-order valence-corrected chi connectivity index (χ1v) is 8.39. The van der Waals surface area contributed by atoms with E-state index >= 15 is 0 Å². The summed E-state index contributed by atoms with van der Waals surface area (Å²) in [6.45, 7) is 4.27. The van der Waals surface area contributed by atoms with E-state index in [4.69, 9.17) is 13.9 Å². The van der Waals surface area contributed by atoms with E-state index in [0.717, 1.165) is 11.8 Å². The Labute approximate surface area is 142 Å². The second-order valence-corrected chi connectivity index (χ2v) is 6.46. The lowest BCUT2D eigenvalue weighted by Crippen LogP contribution is -1.98. The zero-order valence-electron chi connectivity index (χ0n) is 13.2. The van der Waals surface area contributed by atoms with Gasteiger partial charge in [-0.05, 0) is 23.6 Å². The average Bonchev–Trinajstić information content (AvgIpc) is 3.05. The van der Waals surface area contributed by atoms with Crippen LogP contribution in [0, 0.1) is 0 Å². The summed E-state index contributed by atoms with van der Waals surface area (Å²) < 4.78 is 10.7. The van der Waals surface area contributed by atoms with Gasteiger partial charge in [-0.1, -0.05) is 37.7 Å². The molecule has 0 bridgehead atoms. The Morgan fingerprint density at radius 3 is 2.62 bits per heavy atom. The van der Waals surface area contributed by atoms with E-state index in [1.165, 1.54) is 23.4 Å². The number of rotatable bonds is 5. The fourth-order valence-electron chi connectivity index (χ4n) is 2.05. The van der Waals surface area contributed by atoms with Gasteiger partial charge in [0.1, 0.15) is 12.0 Å². The van der Waals surface area contributed by atoms with Crippen LogP contribution in [0.4, 0.5) is 0 Å². The summed E-state index contributed by atoms with van der Waals surface area (Å²) in [6, 6.07) is 9.24. The zero-order chi connectivity index (χ0) is 17.1. The normalized spacial score (nSPS) is 11.1. The van der Waals surface area contributed by atoms with Crippen LogP contribution >= 0.6 is 11.8 Å². The molecule has 124 valence electrons. The van der Waals surface area contributed by atoms with Gasteiger partial charge >= 0.3 is 0 Å². The highest BCUT2D eigenvalue weighted by atomic mass is 32.2. The molecule has 3 aromatic rings. The molecule has 0 aliphatic heterocycles. The summed E-state index contributed by atoms with van der Waals surface area (Å²) in [5.74, 6) is 1.27. The lowest BCUT2D eigenvalue weighted by molar-refractivity contribution is 0.418. The van der Waals surface area contributed by atoms with Gasteiger partial charge < -0.3 is 13.9 Å². The van der Waals surface area contributed by atoms with Crippen molar-refractivity contribution in [3.63, 3.8) is 0 Å². The molecule has 0 aliphatic rings. The molecule has 2 aromatic heterocycles. The second-order valence-electron chi connectivity index (χ2n) is 5.53. The highest BCUT2D eigenvalue weighted by Gasteiger charge is 2.11. The van der Waals surface area contributed by atoms with Crippen LogP contribution in [-0.4, -0.2) is 15.3 Å². The predicted molar refractivity (Wildman–Crippen MR) is 90.0 cm³/mol. The summed E-state index contributed by atoms with van der Waals surface area (Å²) in [4.78, 5) is 11.3. The molecule has 7 heteroatoms. The molecule has 24 heavy (non-hydrogen) atoms. The lowest BCUT2D eigenvalue weighted by Gasteiger charge is -2.04. The Balaban J connectivity index is 1.68. The van der Waals surface area contributed by atoms with Gasteiger partial charge in [0, 0.05) is 11.6 Å². The van der Waals surface area contributed by atoms with Crippen molar-refractivity contribution in [2.45, 2.75) is 30.7 Å². The second kappa shape index (κ2) is 6.92. The summed E-state index contributed by atoms with van der Waals surface area (Å²) in [6.07, 6.45) is 1.02. The SMILES string of the molecule is CC(C)c1ccc(-c2nnc(SCc3cc(=O)c(O)co3)o2)cc1. The lowest BCUT2D eigenvalue weighted by atomic mass is 10.0. The maximum Gasteiger partial charge on any atom is 0.277 e. The number of aromatic hydroxyl groups is 1. The van der Waals surface area contributed by atoms with E-state index in [1.54, 1.807) is 0 Å². The number of hydrogen-bond donors (Lipinski definition) is 1. The number of benzene rings is 1. The smallest absolute Gasteiger partial charge is 0.277 e. The third-order valence-electron chi connectivity index (χ3n) is 3.44. The number of hydrogen-bond acceptors (Lipinski definition) is 7. The fraction of sp³-hybridized carbons (Fsp3) is 0.235. The molecule has 2 heterocycles. The van der Waals surface area contributed by atoms with Gasteiger partial charge in [-0.15, -0.1) is 10.2 Å². The quantitative estimate of drug-likeness (QED) is 0.704. The molecule has 0 saturated carbocycles. The minimum absolute atomic E-state index is 0.351. The van der Waals surface area contributed by atoms with Crippen LogP contribution in [0.5, 0.6) is 5.75 Å². The fourth-order valence-corrected chi connectivity index (χ4v) is 2.70. The van der Waals surface area contributed by atoms with Crippen LogP contribution in [0.2, 0.25) is 0 Å². The topological polar surface area (TPSA) is 89.4 Å². The molecule has 3 rings (SSSR count). The molecule has 1 N–H and O–H groups in total. The van der Waals surface area contributed by atoms with Crippen LogP contribution in [-0.2, 0) is 5.75 Å². The largest absolute Gasteiger partial charge is 0.502 e. The van der Waals surface area contributed by atoms with Crippen molar-refractivity contribution in [1.82, 2.24) is 10.2 Å². The number of aromatic nitrogens is 2. The van der Waals surface area contributed by atoms with Gasteiger partial charge in [-0.25, -0.2) is 0 Å². The highest BCUT2D eigenvalue weighted by Crippen LogP contribution is 2.26. The van der Waals surface area contributed by atoms with Crippen LogP contribution in [0.25, 0.3) is 11.5 Å². The Morgan fingerprint density at radius 1 is 1.21 bits per heavy atom. The van der Waals surface area contributed by atoms with Gasteiger partial charge in [-0.3, -0.25) is 4.79 Å². The Kier molecular flexibility index (Phi) is 4.71. The molecular formula is C17H16N2O4S. The standard InChI is InChI=1S/C17H16N2O4S/c1-10(2)11-3-5-12(6-4-11)16-18-19-17(23-16)24-9-13-7-14(20)15(21)8-22-13/h3-8,10,21H,9H2,1-2H3. The molecule has 0 unspecified atom stereocenters. The maximum atomic E-state index is 11.3. The van der Waals surface area contributed by atoms with Gasteiger partial charge in [0.05, 0.1) is 5.75 Å². The Bertz CT molecular complexity index is 884. The van der Waals surface area contributed by atoms with Crippen molar-refractivity contribution < 1.29 is 13.9 Å². The van der Waals surface area contributed by atoms with Crippen LogP contribution in [0.1, 0.15) is 31.1 Å². The van der Waals surface area contributed by atoms with E-state index in [1.807, 2.05) is 24.3 Å². The predicted octanol–water partition coefficient (Wildman–Crippen LogP) is 3.81. The van der Waals surface area contributed by atoms with Gasteiger partial charge in [0.2, 0.25) is 11.3 Å². The third-order valence-corrected chi connectivity index (χ3v) is 4.28. The molecule has 0 fully saturated rings. The van der Waals surface area contributed by atoms with Crippen molar-refractivity contribution in [2.24, 2.45) is 0 Å². The van der Waals surface area contributed by atoms with Gasteiger partial charge in [0.15, 0.2) is 5.75 Å². The van der Waals surface area contributed by atoms with Crippen LogP contribution < -0.4 is 5.43 Å². The van der Waals surface area contributed by atoms with Crippen LogP contribution in [0.15, 0.2) is 55.4 Å². The first kappa shape index (κ1) is 16.3. The Hall–Kier alpha value is -2.54. The van der Waals surface area contributed by atoms with Gasteiger partial charge in [0.25, 0.3) is 5.22 Å². The summed E-state index contributed by atoms with van der Waals surface area (Å²) in [5.41, 5.74) is 1.62. The minimum atomic E-state index is -0.478. The van der Waals surface area contributed by atoms with Crippen molar-refractivity contribution in [2.75, 3.05) is 0 Å². The number of nitrogens with zero attached hydrogens (tertiary/aromatic N) is 2. The molecular weight excluding hydrogens is 328 g/mol. The zero-order valence-corrected chi connectivity index (χ0v) is 14.0. The van der Waals surface area contributed by atoms with E-state index in [2.05, 4.69) is 24.0 Å². The number of thioether (sulfide) groups is 1. The van der Waals surface area contributed by atoms with Crippen molar-refractivity contribution in [3.8, 4) is 17.2 Å². The monoisotopic (exact) mass is 344 g/mol. The van der Waals surface area contributed by atoms with Crippen molar-refractivity contribution in [1.29, 1.82) is 0 Å². The third kappa shape index (κ3) is 3.68. The molecule has 1 aromatic carbocycles. The molecule has 0 amide bonds. The van der Waals surface area contributed by atoms with Crippen LogP contribution in [0.3, 0.4) is 0 Å². The first-order valence-electron chi connectivity index (χ1n) is 7.40. The van der Waals surface area contributed by atoms with Crippen molar-refractivity contribution >= 4 is 11.8 Å². The summed E-state index contributed by atoms with van der Waals surface area (Å²) in [5, 5.41) is 17.6. The molecule has 0 aliphatic carbocycles. The maximum absolute atomic E-state index is 11.3. The minimum Gasteiger partial charge on any atom is -0.502 e. The molecule has 0 radical (unpaired) electrons. The first-order chi connectivity index (χ1) is 11.5. The Morgan fingerprint density at radius 2 is 1.96 bits per heavy atom. The van der Waals surface area contributed by atoms with Gasteiger partial charge in [-0.2, -0.15) is 0 Å². The summed E-state index contributed by atoms with van der Waals surface area (Å²) >= 11 is 1.26. The van der Waals surface area contributed by atoms with E-state index < -0.39 is 11.2 Å².